The zero-order valence-electron chi connectivity index (χ0n) is 9.96. The molecule has 0 radical (unpaired) electrons. The molecule has 0 saturated carbocycles. The van der Waals surface area contributed by atoms with Crippen molar-refractivity contribution in [3.63, 3.8) is 0 Å². The van der Waals surface area contributed by atoms with Crippen LogP contribution in [0.2, 0.25) is 0 Å². The summed E-state index contributed by atoms with van der Waals surface area (Å²) in [5.74, 6) is -0.228. The van der Waals surface area contributed by atoms with Crippen molar-refractivity contribution in [2.24, 2.45) is 0 Å². The van der Waals surface area contributed by atoms with Gasteiger partial charge in [0.05, 0.1) is 0 Å². The Hall–Kier alpha value is -0.930. The van der Waals surface area contributed by atoms with Crippen molar-refractivity contribution in [2.45, 2.75) is 32.2 Å². The second kappa shape index (κ2) is 5.97. The van der Waals surface area contributed by atoms with Crippen LogP contribution in [0.25, 0.3) is 0 Å². The van der Waals surface area contributed by atoms with Gasteiger partial charge in [0.1, 0.15) is 5.82 Å². The molecule has 3 heteroatoms. The molecule has 0 bridgehead atoms. The third kappa shape index (κ3) is 2.80. The average molecular weight is 225 g/mol. The first-order valence-electron chi connectivity index (χ1n) is 5.80. The van der Waals surface area contributed by atoms with Crippen molar-refractivity contribution in [2.75, 3.05) is 13.2 Å². The maximum absolute atomic E-state index is 12.9. The molecule has 0 saturated heterocycles. The molecule has 16 heavy (non-hydrogen) atoms. The van der Waals surface area contributed by atoms with Crippen molar-refractivity contribution >= 4 is 0 Å². The van der Waals surface area contributed by atoms with Gasteiger partial charge in [-0.05, 0) is 37.1 Å². The van der Waals surface area contributed by atoms with E-state index in [0.717, 1.165) is 18.5 Å². The summed E-state index contributed by atoms with van der Waals surface area (Å²) in [7, 11) is 0. The maximum Gasteiger partial charge on any atom is 0.123 e. The largest absolute Gasteiger partial charge is 0.396 e. The molecule has 2 N–H and O–H groups in total. The molecular weight excluding hydrogens is 205 g/mol. The zero-order valence-corrected chi connectivity index (χ0v) is 9.96. The highest BCUT2D eigenvalue weighted by Crippen LogP contribution is 2.28. The Morgan fingerprint density at radius 1 is 1.25 bits per heavy atom. The summed E-state index contributed by atoms with van der Waals surface area (Å²) in [6.07, 6.45) is 1.51. The SMILES string of the molecule is CCNC(CC)(CCO)c1ccc(F)cc1. The van der Waals surface area contributed by atoms with Gasteiger partial charge in [0.2, 0.25) is 0 Å². The van der Waals surface area contributed by atoms with Gasteiger partial charge in [0.15, 0.2) is 0 Å². The summed E-state index contributed by atoms with van der Waals surface area (Å²) in [6.45, 7) is 5.05. The highest BCUT2D eigenvalue weighted by Gasteiger charge is 2.28. The number of aliphatic hydroxyl groups excluding tert-OH is 1. The highest BCUT2D eigenvalue weighted by molar-refractivity contribution is 5.25. The first-order valence-corrected chi connectivity index (χ1v) is 5.80. The summed E-state index contributed by atoms with van der Waals surface area (Å²) in [6, 6.07) is 6.51. The minimum Gasteiger partial charge on any atom is -0.396 e. The minimum atomic E-state index is -0.239. The molecule has 0 aromatic heterocycles. The molecule has 2 nitrogen and oxygen atoms in total. The lowest BCUT2D eigenvalue weighted by Crippen LogP contribution is -2.42. The van der Waals surface area contributed by atoms with Crippen LogP contribution >= 0.6 is 0 Å². The Labute approximate surface area is 96.5 Å². The Morgan fingerprint density at radius 2 is 1.88 bits per heavy atom. The molecule has 0 aliphatic carbocycles. The van der Waals surface area contributed by atoms with Crippen LogP contribution in [0.5, 0.6) is 0 Å². The van der Waals surface area contributed by atoms with E-state index in [-0.39, 0.29) is 18.0 Å². The summed E-state index contributed by atoms with van der Waals surface area (Å²) in [5, 5.41) is 12.6. The third-order valence-electron chi connectivity index (χ3n) is 3.05. The minimum absolute atomic E-state index is 0.123. The predicted octanol–water partition coefficient (Wildman–Crippen LogP) is 2.42. The van der Waals surface area contributed by atoms with Gasteiger partial charge in [-0.3, -0.25) is 0 Å². The normalized spacial score (nSPS) is 14.8. The van der Waals surface area contributed by atoms with E-state index in [4.69, 9.17) is 5.11 Å². The summed E-state index contributed by atoms with van der Waals surface area (Å²) in [4.78, 5) is 0. The topological polar surface area (TPSA) is 32.3 Å². The molecule has 1 rings (SSSR count). The van der Waals surface area contributed by atoms with E-state index >= 15 is 0 Å². The molecule has 0 fully saturated rings. The molecule has 1 aromatic carbocycles. The second-order valence-electron chi connectivity index (χ2n) is 3.95. The average Bonchev–Trinajstić information content (AvgIpc) is 2.29. The van der Waals surface area contributed by atoms with Crippen LogP contribution in [0.3, 0.4) is 0 Å². The molecule has 0 aliphatic heterocycles. The molecule has 0 amide bonds. The molecule has 90 valence electrons. The van der Waals surface area contributed by atoms with E-state index in [1.54, 1.807) is 12.1 Å². The number of aliphatic hydroxyl groups is 1. The van der Waals surface area contributed by atoms with Crippen LogP contribution in [-0.2, 0) is 5.54 Å². The predicted molar refractivity (Wildman–Crippen MR) is 63.7 cm³/mol. The van der Waals surface area contributed by atoms with E-state index in [9.17, 15) is 4.39 Å². The lowest BCUT2D eigenvalue weighted by Gasteiger charge is -2.34. The van der Waals surface area contributed by atoms with Crippen molar-refractivity contribution in [3.8, 4) is 0 Å². The third-order valence-corrected chi connectivity index (χ3v) is 3.05. The lowest BCUT2D eigenvalue weighted by molar-refractivity contribution is 0.205. The van der Waals surface area contributed by atoms with Crippen molar-refractivity contribution in [1.82, 2.24) is 5.32 Å². The van der Waals surface area contributed by atoms with Crippen LogP contribution in [-0.4, -0.2) is 18.3 Å². The van der Waals surface area contributed by atoms with Gasteiger partial charge in [0, 0.05) is 12.1 Å². The number of benzene rings is 1. The Kier molecular flexibility index (Phi) is 4.90. The van der Waals surface area contributed by atoms with Crippen LogP contribution < -0.4 is 5.32 Å². The van der Waals surface area contributed by atoms with E-state index in [2.05, 4.69) is 12.2 Å². The van der Waals surface area contributed by atoms with Crippen LogP contribution in [0.15, 0.2) is 24.3 Å². The van der Waals surface area contributed by atoms with E-state index < -0.39 is 0 Å². The fourth-order valence-corrected chi connectivity index (χ4v) is 2.14. The number of hydrogen-bond donors (Lipinski definition) is 2. The molecule has 1 atom stereocenters. The van der Waals surface area contributed by atoms with Gasteiger partial charge in [-0.25, -0.2) is 4.39 Å². The van der Waals surface area contributed by atoms with Crippen molar-refractivity contribution in [1.29, 1.82) is 0 Å². The van der Waals surface area contributed by atoms with Gasteiger partial charge < -0.3 is 10.4 Å². The van der Waals surface area contributed by atoms with Gasteiger partial charge in [-0.2, -0.15) is 0 Å². The zero-order chi connectivity index (χ0) is 12.0. The van der Waals surface area contributed by atoms with Gasteiger partial charge in [-0.1, -0.05) is 26.0 Å². The summed E-state index contributed by atoms with van der Waals surface area (Å²) >= 11 is 0. The van der Waals surface area contributed by atoms with Crippen LogP contribution in [0.1, 0.15) is 32.3 Å². The highest BCUT2D eigenvalue weighted by atomic mass is 19.1. The molecule has 0 aliphatic rings. The van der Waals surface area contributed by atoms with E-state index in [1.165, 1.54) is 12.1 Å². The van der Waals surface area contributed by atoms with Gasteiger partial charge in [0.25, 0.3) is 0 Å². The fraction of sp³-hybridized carbons (Fsp3) is 0.538. The lowest BCUT2D eigenvalue weighted by atomic mass is 9.84. The van der Waals surface area contributed by atoms with Crippen molar-refractivity contribution < 1.29 is 9.50 Å². The number of halogens is 1. The van der Waals surface area contributed by atoms with Gasteiger partial charge >= 0.3 is 0 Å². The van der Waals surface area contributed by atoms with Gasteiger partial charge in [-0.15, -0.1) is 0 Å². The Morgan fingerprint density at radius 3 is 2.31 bits per heavy atom. The fourth-order valence-electron chi connectivity index (χ4n) is 2.14. The Balaban J connectivity index is 3.02. The molecular formula is C13H20FNO. The number of nitrogens with one attached hydrogen (secondary N) is 1. The van der Waals surface area contributed by atoms with Crippen LogP contribution in [0.4, 0.5) is 4.39 Å². The summed E-state index contributed by atoms with van der Waals surface area (Å²) in [5.41, 5.74) is 0.796. The summed E-state index contributed by atoms with van der Waals surface area (Å²) < 4.78 is 12.9. The van der Waals surface area contributed by atoms with E-state index in [0.29, 0.717) is 6.42 Å². The number of hydrogen-bond acceptors (Lipinski definition) is 2. The maximum atomic E-state index is 12.9. The smallest absolute Gasteiger partial charge is 0.123 e. The quantitative estimate of drug-likeness (QED) is 0.779. The molecule has 0 spiro atoms. The molecule has 1 unspecified atom stereocenters. The van der Waals surface area contributed by atoms with E-state index in [1.807, 2.05) is 6.92 Å². The second-order valence-corrected chi connectivity index (χ2v) is 3.95. The number of rotatable bonds is 6. The molecule has 1 aromatic rings. The standard InChI is InChI=1S/C13H20FNO/c1-3-13(9-10-16,15-4-2)11-5-7-12(14)8-6-11/h5-8,15-16H,3-4,9-10H2,1-2H3. The van der Waals surface area contributed by atoms with Crippen LogP contribution in [0, 0.1) is 5.82 Å². The first kappa shape index (κ1) is 13.1. The first-order chi connectivity index (χ1) is 7.68. The van der Waals surface area contributed by atoms with Crippen molar-refractivity contribution in [3.05, 3.63) is 35.6 Å². The molecule has 0 heterocycles. The monoisotopic (exact) mass is 225 g/mol. The Bertz CT molecular complexity index is 304.